The summed E-state index contributed by atoms with van der Waals surface area (Å²) in [5, 5.41) is 8.34. The van der Waals surface area contributed by atoms with Crippen molar-refractivity contribution in [2.24, 2.45) is 5.92 Å². The molecule has 0 saturated heterocycles. The van der Waals surface area contributed by atoms with Gasteiger partial charge in [0, 0.05) is 23.7 Å². The summed E-state index contributed by atoms with van der Waals surface area (Å²) >= 11 is 0. The predicted molar refractivity (Wildman–Crippen MR) is 99.7 cm³/mol. The topological polar surface area (TPSA) is 82.9 Å². The highest BCUT2D eigenvalue weighted by molar-refractivity contribution is 5.63. The second-order valence-electron chi connectivity index (χ2n) is 6.73. The van der Waals surface area contributed by atoms with E-state index in [0.717, 1.165) is 29.1 Å². The molecule has 0 aliphatic heterocycles. The highest BCUT2D eigenvalue weighted by atomic mass is 16.5. The Labute approximate surface area is 157 Å². The third-order valence-electron chi connectivity index (χ3n) is 4.68. The fourth-order valence-electron chi connectivity index (χ4n) is 2.99. The van der Waals surface area contributed by atoms with Gasteiger partial charge in [0.1, 0.15) is 11.6 Å². The van der Waals surface area contributed by atoms with Gasteiger partial charge < -0.3 is 9.47 Å². The molecule has 4 rings (SSSR count). The number of hydrogen-bond acceptors (Lipinski definition) is 7. The van der Waals surface area contributed by atoms with Crippen molar-refractivity contribution in [2.75, 3.05) is 13.7 Å². The van der Waals surface area contributed by atoms with Crippen LogP contribution in [0.5, 0.6) is 11.6 Å². The van der Waals surface area contributed by atoms with Crippen molar-refractivity contribution in [2.45, 2.75) is 26.2 Å². The van der Waals surface area contributed by atoms with Crippen LogP contribution < -0.4 is 9.47 Å². The highest BCUT2D eigenvalue weighted by Crippen LogP contribution is 2.47. The summed E-state index contributed by atoms with van der Waals surface area (Å²) in [6, 6.07) is 7.79. The molecule has 138 valence electrons. The molecule has 27 heavy (non-hydrogen) atoms. The predicted octanol–water partition coefficient (Wildman–Crippen LogP) is 3.14. The van der Waals surface area contributed by atoms with E-state index in [1.165, 1.54) is 0 Å². The van der Waals surface area contributed by atoms with Crippen LogP contribution in [0.1, 0.15) is 29.6 Å². The van der Waals surface area contributed by atoms with Gasteiger partial charge in [0.2, 0.25) is 5.88 Å². The van der Waals surface area contributed by atoms with Crippen molar-refractivity contribution >= 4 is 0 Å². The Morgan fingerprint density at radius 2 is 1.93 bits per heavy atom. The Kier molecular flexibility index (Phi) is 4.66. The molecule has 0 amide bonds. The lowest BCUT2D eigenvalue weighted by Crippen LogP contribution is -2.06. The van der Waals surface area contributed by atoms with Crippen LogP contribution in [0, 0.1) is 19.8 Å². The van der Waals surface area contributed by atoms with E-state index in [2.05, 4.69) is 25.1 Å². The van der Waals surface area contributed by atoms with Crippen molar-refractivity contribution in [3.63, 3.8) is 0 Å². The molecule has 1 fully saturated rings. The largest absolute Gasteiger partial charge is 0.495 e. The van der Waals surface area contributed by atoms with Gasteiger partial charge in [-0.15, -0.1) is 0 Å². The minimum absolute atomic E-state index is 0.418. The fourth-order valence-corrected chi connectivity index (χ4v) is 2.99. The fraction of sp³-hybridized carbons (Fsp3) is 0.350. The summed E-state index contributed by atoms with van der Waals surface area (Å²) in [5.41, 5.74) is 3.41. The van der Waals surface area contributed by atoms with Crippen molar-refractivity contribution in [3.05, 3.63) is 53.9 Å². The Morgan fingerprint density at radius 1 is 1.04 bits per heavy atom. The molecule has 1 saturated carbocycles. The van der Waals surface area contributed by atoms with Crippen LogP contribution in [0.2, 0.25) is 0 Å². The molecular weight excluding hydrogens is 342 g/mol. The van der Waals surface area contributed by atoms with Crippen LogP contribution in [0.15, 0.2) is 36.7 Å². The number of hydrogen-bond donors (Lipinski definition) is 0. The first-order chi connectivity index (χ1) is 13.1. The van der Waals surface area contributed by atoms with E-state index in [0.29, 0.717) is 35.8 Å². The number of nitrogens with zero attached hydrogens (tertiary/aromatic N) is 5. The molecule has 2 atom stereocenters. The minimum Gasteiger partial charge on any atom is -0.495 e. The van der Waals surface area contributed by atoms with Crippen molar-refractivity contribution < 1.29 is 9.47 Å². The number of pyridine rings is 1. The number of aryl methyl sites for hydroxylation is 2. The third kappa shape index (κ3) is 3.86. The highest BCUT2D eigenvalue weighted by Gasteiger charge is 2.40. The second kappa shape index (κ2) is 7.26. The molecule has 1 unspecified atom stereocenters. The van der Waals surface area contributed by atoms with Crippen molar-refractivity contribution in [1.82, 2.24) is 25.1 Å². The zero-order valence-electron chi connectivity index (χ0n) is 15.6. The van der Waals surface area contributed by atoms with Gasteiger partial charge in [-0.3, -0.25) is 4.98 Å². The van der Waals surface area contributed by atoms with Crippen LogP contribution in [0.25, 0.3) is 11.3 Å². The normalized spacial score (nSPS) is 18.2. The summed E-state index contributed by atoms with van der Waals surface area (Å²) in [7, 11) is 1.64. The molecule has 0 radical (unpaired) electrons. The quantitative estimate of drug-likeness (QED) is 0.665. The Balaban J connectivity index is 1.45. The van der Waals surface area contributed by atoms with Crippen LogP contribution in [-0.4, -0.2) is 38.9 Å². The third-order valence-corrected chi connectivity index (χ3v) is 4.68. The molecule has 3 aromatic rings. The first kappa shape index (κ1) is 17.3. The van der Waals surface area contributed by atoms with E-state index in [4.69, 9.17) is 9.47 Å². The first-order valence-electron chi connectivity index (χ1n) is 8.91. The van der Waals surface area contributed by atoms with E-state index >= 15 is 0 Å². The molecule has 7 heteroatoms. The van der Waals surface area contributed by atoms with Crippen LogP contribution in [0.3, 0.4) is 0 Å². The molecule has 0 N–H and O–H groups in total. The number of aromatic nitrogens is 5. The monoisotopic (exact) mass is 363 g/mol. The van der Waals surface area contributed by atoms with Gasteiger partial charge >= 0.3 is 0 Å². The van der Waals surface area contributed by atoms with Gasteiger partial charge in [0.25, 0.3) is 0 Å². The van der Waals surface area contributed by atoms with Crippen LogP contribution in [-0.2, 0) is 0 Å². The molecule has 3 aromatic heterocycles. The van der Waals surface area contributed by atoms with E-state index in [-0.39, 0.29) is 0 Å². The Morgan fingerprint density at radius 3 is 2.63 bits per heavy atom. The van der Waals surface area contributed by atoms with Gasteiger partial charge in [-0.25, -0.2) is 4.98 Å². The smallest absolute Gasteiger partial charge is 0.226 e. The lowest BCUT2D eigenvalue weighted by Gasteiger charge is -2.10. The second-order valence-corrected chi connectivity index (χ2v) is 6.73. The molecular formula is C20H21N5O2. The average Bonchev–Trinajstić information content (AvgIpc) is 3.47. The maximum absolute atomic E-state index is 6.05. The summed E-state index contributed by atoms with van der Waals surface area (Å²) in [4.78, 5) is 13.2. The van der Waals surface area contributed by atoms with E-state index in [1.807, 2.05) is 38.1 Å². The summed E-state index contributed by atoms with van der Waals surface area (Å²) in [5.74, 6) is 2.83. The summed E-state index contributed by atoms with van der Waals surface area (Å²) in [6.07, 6.45) is 4.56. The molecule has 1 aliphatic rings. The molecule has 0 bridgehead atoms. The Bertz CT molecular complexity index is 928. The number of rotatable bonds is 6. The molecule has 7 nitrogen and oxygen atoms in total. The van der Waals surface area contributed by atoms with Gasteiger partial charge in [-0.05, 0) is 44.5 Å². The maximum atomic E-state index is 6.05. The lowest BCUT2D eigenvalue weighted by atomic mass is 10.2. The maximum Gasteiger partial charge on any atom is 0.226 e. The number of methoxy groups -OCH3 is 1. The standard InChI is InChI=1S/C20H21N5O2/c1-12-4-6-19(25-24-12)17-10-21-13(2)23-20(17)27-11-14-8-16(14)18-7-5-15(26-3)9-22-18/h4-7,9-10,14,16H,8,11H2,1-3H3/t14?,16-/m1/s1. The summed E-state index contributed by atoms with van der Waals surface area (Å²) < 4.78 is 11.2. The van der Waals surface area contributed by atoms with Gasteiger partial charge in [-0.2, -0.15) is 15.2 Å². The molecule has 0 spiro atoms. The van der Waals surface area contributed by atoms with Gasteiger partial charge in [0.15, 0.2) is 0 Å². The van der Waals surface area contributed by atoms with Crippen molar-refractivity contribution in [3.8, 4) is 22.9 Å². The zero-order valence-corrected chi connectivity index (χ0v) is 15.6. The van der Waals surface area contributed by atoms with Crippen molar-refractivity contribution in [1.29, 1.82) is 0 Å². The van der Waals surface area contributed by atoms with Gasteiger partial charge in [0.05, 0.1) is 36.9 Å². The first-order valence-corrected chi connectivity index (χ1v) is 8.91. The number of ether oxygens (including phenoxy) is 2. The molecule has 0 aromatic carbocycles. The summed E-state index contributed by atoms with van der Waals surface area (Å²) in [6.45, 7) is 4.33. The molecule has 1 aliphatic carbocycles. The van der Waals surface area contributed by atoms with E-state index in [9.17, 15) is 0 Å². The van der Waals surface area contributed by atoms with Crippen LogP contribution >= 0.6 is 0 Å². The van der Waals surface area contributed by atoms with E-state index < -0.39 is 0 Å². The average molecular weight is 363 g/mol. The van der Waals surface area contributed by atoms with Crippen LogP contribution in [0.4, 0.5) is 0 Å². The van der Waals surface area contributed by atoms with Gasteiger partial charge in [-0.1, -0.05) is 0 Å². The molecule has 3 heterocycles. The lowest BCUT2D eigenvalue weighted by molar-refractivity contribution is 0.285. The Hall–Kier alpha value is -3.09. The zero-order chi connectivity index (χ0) is 18.8. The SMILES string of the molecule is COc1ccc([C@@H]2CC2COc2nc(C)ncc2-c2ccc(C)nn2)nc1. The minimum atomic E-state index is 0.418. The van der Waals surface area contributed by atoms with E-state index in [1.54, 1.807) is 19.5 Å².